The fourth-order valence-electron chi connectivity index (χ4n) is 5.53. The van der Waals surface area contributed by atoms with Crippen LogP contribution in [0.4, 0.5) is 14.6 Å². The predicted molar refractivity (Wildman–Crippen MR) is 129 cm³/mol. The molecule has 182 valence electrons. The SMILES string of the molecule is O=c1cc(-c2ccc(-c3cnc(N(C4CC4)[C@@H]4CC5CCC(N5)[C@@H]4F)cn3)c(O)c2)ccn1CF. The van der Waals surface area contributed by atoms with Crippen molar-refractivity contribution < 1.29 is 13.9 Å². The molecule has 2 aromatic heterocycles. The predicted octanol–water partition coefficient (Wildman–Crippen LogP) is 3.80. The lowest BCUT2D eigenvalue weighted by molar-refractivity contribution is 0.171. The number of rotatable bonds is 6. The molecule has 2 unspecified atom stereocenters. The van der Waals surface area contributed by atoms with E-state index in [9.17, 15) is 14.3 Å². The first-order valence-corrected chi connectivity index (χ1v) is 12.1. The highest BCUT2D eigenvalue weighted by atomic mass is 19.1. The van der Waals surface area contributed by atoms with E-state index >= 15 is 4.39 Å². The third-order valence-electron chi connectivity index (χ3n) is 7.49. The quantitative estimate of drug-likeness (QED) is 0.560. The fraction of sp³-hybridized carbons (Fsp3) is 0.423. The standard InChI is InChI=1S/C26H27F2N5O2/c27-14-32-8-7-16(10-25(32)35)15-1-5-19(23(34)9-15)21-12-30-24(13-29-21)33(18-3-4-18)22-11-17-2-6-20(31-17)26(22)28/h1,5,7-10,12-13,17-18,20,22,26,31,34H,2-4,6,11,14H2/t17?,20?,22-,26+/m1/s1. The van der Waals surface area contributed by atoms with Crippen LogP contribution in [0.3, 0.4) is 0 Å². The summed E-state index contributed by atoms with van der Waals surface area (Å²) in [6, 6.07) is 8.40. The third-order valence-corrected chi connectivity index (χ3v) is 7.49. The molecule has 7 nitrogen and oxygen atoms in total. The lowest BCUT2D eigenvalue weighted by atomic mass is 9.96. The van der Waals surface area contributed by atoms with Gasteiger partial charge in [0.05, 0.1) is 24.1 Å². The van der Waals surface area contributed by atoms with Gasteiger partial charge < -0.3 is 15.3 Å². The molecule has 4 atom stereocenters. The van der Waals surface area contributed by atoms with Gasteiger partial charge in [-0.15, -0.1) is 0 Å². The monoisotopic (exact) mass is 479 g/mol. The Morgan fingerprint density at radius 2 is 1.91 bits per heavy atom. The summed E-state index contributed by atoms with van der Waals surface area (Å²) in [4.78, 5) is 23.3. The van der Waals surface area contributed by atoms with Gasteiger partial charge in [-0.2, -0.15) is 0 Å². The normalized spacial score (nSPS) is 25.5. The number of halogens is 2. The Hall–Kier alpha value is -3.33. The molecule has 6 rings (SSSR count). The number of nitrogens with one attached hydrogen (secondary N) is 1. The van der Waals surface area contributed by atoms with Crippen LogP contribution in [0.15, 0.2) is 53.7 Å². The number of alkyl halides is 2. The van der Waals surface area contributed by atoms with Crippen LogP contribution in [0, 0.1) is 0 Å². The Balaban J connectivity index is 1.25. The van der Waals surface area contributed by atoms with E-state index in [4.69, 9.17) is 0 Å². The Labute approximate surface area is 201 Å². The van der Waals surface area contributed by atoms with E-state index in [2.05, 4.69) is 20.2 Å². The maximum absolute atomic E-state index is 15.3. The zero-order valence-electron chi connectivity index (χ0n) is 19.1. The van der Waals surface area contributed by atoms with Crippen molar-refractivity contribution >= 4 is 5.82 Å². The minimum atomic E-state index is -0.931. The molecule has 35 heavy (non-hydrogen) atoms. The summed E-state index contributed by atoms with van der Waals surface area (Å²) >= 11 is 0. The summed E-state index contributed by atoms with van der Waals surface area (Å²) in [5.74, 6) is 0.673. The van der Waals surface area contributed by atoms with E-state index in [1.807, 2.05) is 0 Å². The molecule has 2 N–H and O–H groups in total. The van der Waals surface area contributed by atoms with E-state index < -0.39 is 18.5 Å². The minimum absolute atomic E-state index is 0.00276. The van der Waals surface area contributed by atoms with E-state index in [1.54, 1.807) is 36.7 Å². The summed E-state index contributed by atoms with van der Waals surface area (Å²) in [7, 11) is 0. The molecular formula is C26H27F2N5O2. The first-order valence-electron chi connectivity index (χ1n) is 12.1. The van der Waals surface area contributed by atoms with Gasteiger partial charge in [0.25, 0.3) is 5.56 Å². The number of aromatic hydroxyl groups is 1. The molecule has 1 saturated carbocycles. The molecule has 0 spiro atoms. The number of nitrogens with zero attached hydrogens (tertiary/aromatic N) is 4. The number of hydrogen-bond acceptors (Lipinski definition) is 6. The number of benzene rings is 1. The Morgan fingerprint density at radius 1 is 1.09 bits per heavy atom. The Morgan fingerprint density at radius 3 is 2.60 bits per heavy atom. The molecule has 0 amide bonds. The zero-order chi connectivity index (χ0) is 24.1. The van der Waals surface area contributed by atoms with Crippen LogP contribution in [-0.2, 0) is 6.80 Å². The molecule has 3 aliphatic rings. The minimum Gasteiger partial charge on any atom is -0.507 e. The van der Waals surface area contributed by atoms with E-state index in [0.29, 0.717) is 40.3 Å². The van der Waals surface area contributed by atoms with Crippen LogP contribution < -0.4 is 15.8 Å². The average Bonchev–Trinajstić information content (AvgIpc) is 3.62. The topological polar surface area (TPSA) is 83.3 Å². The van der Waals surface area contributed by atoms with Crippen molar-refractivity contribution in [1.82, 2.24) is 19.9 Å². The van der Waals surface area contributed by atoms with Gasteiger partial charge in [0.2, 0.25) is 0 Å². The molecule has 9 heteroatoms. The first-order chi connectivity index (χ1) is 17.0. The lowest BCUT2D eigenvalue weighted by Gasteiger charge is -2.41. The molecule has 3 aromatic rings. The maximum atomic E-state index is 15.3. The van der Waals surface area contributed by atoms with Crippen molar-refractivity contribution in [2.24, 2.45) is 0 Å². The summed E-state index contributed by atoms with van der Waals surface area (Å²) in [6.07, 6.45) is 8.49. The number of hydrogen-bond donors (Lipinski definition) is 2. The van der Waals surface area contributed by atoms with Gasteiger partial charge in [0.1, 0.15) is 17.7 Å². The van der Waals surface area contributed by atoms with Gasteiger partial charge >= 0.3 is 0 Å². The zero-order valence-corrected chi connectivity index (χ0v) is 19.1. The van der Waals surface area contributed by atoms with Crippen LogP contribution in [0.1, 0.15) is 32.1 Å². The maximum Gasteiger partial charge on any atom is 0.253 e. The van der Waals surface area contributed by atoms with E-state index in [-0.39, 0.29) is 17.8 Å². The van der Waals surface area contributed by atoms with Crippen molar-refractivity contribution in [1.29, 1.82) is 0 Å². The number of pyridine rings is 1. The number of phenolic OH excluding ortho intramolecular Hbond substituents is 1. The molecule has 2 aliphatic heterocycles. The van der Waals surface area contributed by atoms with Crippen LogP contribution in [0.25, 0.3) is 22.4 Å². The fourth-order valence-corrected chi connectivity index (χ4v) is 5.53. The summed E-state index contributed by atoms with van der Waals surface area (Å²) < 4.78 is 29.0. The van der Waals surface area contributed by atoms with Gasteiger partial charge in [-0.05, 0) is 61.4 Å². The largest absolute Gasteiger partial charge is 0.507 e. The number of aromatic nitrogens is 3. The number of phenols is 1. The van der Waals surface area contributed by atoms with Crippen molar-refractivity contribution in [3.05, 3.63) is 59.3 Å². The Kier molecular flexibility index (Phi) is 5.51. The first kappa shape index (κ1) is 22.2. The van der Waals surface area contributed by atoms with Crippen LogP contribution >= 0.6 is 0 Å². The second kappa shape index (κ2) is 8.71. The second-order valence-corrected chi connectivity index (χ2v) is 9.77. The third kappa shape index (κ3) is 4.07. The number of piperidine rings is 1. The number of fused-ring (bicyclic) bond motifs is 2. The Bertz CT molecular complexity index is 1290. The summed E-state index contributed by atoms with van der Waals surface area (Å²) in [5.41, 5.74) is 1.77. The summed E-state index contributed by atoms with van der Waals surface area (Å²) in [6.45, 7) is -0.888. The van der Waals surface area contributed by atoms with E-state index in [0.717, 1.165) is 36.7 Å². The van der Waals surface area contributed by atoms with Crippen molar-refractivity contribution in [2.45, 2.75) is 69.2 Å². The van der Waals surface area contributed by atoms with Crippen molar-refractivity contribution in [3.8, 4) is 28.1 Å². The highest BCUT2D eigenvalue weighted by Crippen LogP contribution is 2.40. The van der Waals surface area contributed by atoms with Crippen LogP contribution in [-0.4, -0.2) is 50.0 Å². The van der Waals surface area contributed by atoms with Gasteiger partial charge in [-0.1, -0.05) is 6.07 Å². The highest BCUT2D eigenvalue weighted by molar-refractivity contribution is 5.74. The highest BCUT2D eigenvalue weighted by Gasteiger charge is 2.48. The smallest absolute Gasteiger partial charge is 0.253 e. The molecule has 1 aliphatic carbocycles. The van der Waals surface area contributed by atoms with Gasteiger partial charge in [0, 0.05) is 36.0 Å². The van der Waals surface area contributed by atoms with Crippen LogP contribution in [0.2, 0.25) is 0 Å². The molecule has 0 radical (unpaired) electrons. The molecule has 2 bridgehead atoms. The molecule has 4 heterocycles. The van der Waals surface area contributed by atoms with Gasteiger partial charge in [-0.3, -0.25) is 14.3 Å². The van der Waals surface area contributed by atoms with Crippen molar-refractivity contribution in [2.75, 3.05) is 4.90 Å². The lowest BCUT2D eigenvalue weighted by Crippen LogP contribution is -2.57. The number of anilines is 1. The molecule has 2 saturated heterocycles. The van der Waals surface area contributed by atoms with Crippen molar-refractivity contribution in [3.63, 3.8) is 0 Å². The molecule has 1 aromatic carbocycles. The molecule has 3 fully saturated rings. The van der Waals surface area contributed by atoms with E-state index in [1.165, 1.54) is 12.3 Å². The van der Waals surface area contributed by atoms with Gasteiger partial charge in [-0.25, -0.2) is 13.8 Å². The van der Waals surface area contributed by atoms with Crippen LogP contribution in [0.5, 0.6) is 5.75 Å². The second-order valence-electron chi connectivity index (χ2n) is 9.77. The molecular weight excluding hydrogens is 452 g/mol. The average molecular weight is 480 g/mol. The summed E-state index contributed by atoms with van der Waals surface area (Å²) in [5, 5.41) is 14.1. The van der Waals surface area contributed by atoms with Gasteiger partial charge in [0.15, 0.2) is 6.80 Å².